The van der Waals surface area contributed by atoms with Gasteiger partial charge in [0.15, 0.2) is 5.13 Å². The normalized spacial score (nSPS) is 14.6. The highest BCUT2D eigenvalue weighted by molar-refractivity contribution is 7.99. The van der Waals surface area contributed by atoms with Crippen LogP contribution in [0.1, 0.15) is 10.4 Å². The van der Waals surface area contributed by atoms with E-state index in [-0.39, 0.29) is 5.91 Å². The van der Waals surface area contributed by atoms with Gasteiger partial charge in [0.1, 0.15) is 0 Å². The number of halogens is 2. The molecule has 0 saturated carbocycles. The van der Waals surface area contributed by atoms with Gasteiger partial charge in [0.05, 0.1) is 23.4 Å². The minimum Gasteiger partial charge on any atom is -0.378 e. The number of morpholine rings is 1. The van der Waals surface area contributed by atoms with Crippen molar-refractivity contribution in [1.82, 2.24) is 4.98 Å². The summed E-state index contributed by atoms with van der Waals surface area (Å²) in [7, 11) is 0. The molecule has 0 aliphatic carbocycles. The Balaban J connectivity index is 1.47. The molecular weight excluding hydrogens is 404 g/mol. The van der Waals surface area contributed by atoms with Crippen LogP contribution in [0, 0.1) is 0 Å². The molecule has 0 atom stereocenters. The second-order valence-electron chi connectivity index (χ2n) is 6.14. The summed E-state index contributed by atoms with van der Waals surface area (Å²) in [5.41, 5.74) is 1.97. The van der Waals surface area contributed by atoms with Gasteiger partial charge in [-0.05, 0) is 42.5 Å². The van der Waals surface area contributed by atoms with E-state index in [1.54, 1.807) is 23.5 Å². The van der Waals surface area contributed by atoms with Crippen LogP contribution in [0.25, 0.3) is 10.2 Å². The van der Waals surface area contributed by atoms with Gasteiger partial charge in [0.2, 0.25) is 0 Å². The zero-order chi connectivity index (χ0) is 19.5. The van der Waals surface area contributed by atoms with E-state index in [9.17, 15) is 13.6 Å². The number of aromatic nitrogens is 1. The first-order valence-electron chi connectivity index (χ1n) is 8.68. The van der Waals surface area contributed by atoms with Crippen LogP contribution in [0.4, 0.5) is 19.6 Å². The fourth-order valence-electron chi connectivity index (χ4n) is 2.87. The fourth-order valence-corrected chi connectivity index (χ4v) is 4.43. The van der Waals surface area contributed by atoms with Crippen LogP contribution in [0.2, 0.25) is 0 Å². The number of nitrogens with one attached hydrogen (secondary N) is 1. The maximum Gasteiger partial charge on any atom is 0.288 e. The van der Waals surface area contributed by atoms with Crippen LogP contribution in [-0.2, 0) is 4.74 Å². The lowest BCUT2D eigenvalue weighted by Crippen LogP contribution is -2.36. The molecule has 1 amide bonds. The second kappa shape index (κ2) is 8.42. The van der Waals surface area contributed by atoms with Gasteiger partial charge >= 0.3 is 0 Å². The maximum absolute atomic E-state index is 12.4. The van der Waals surface area contributed by atoms with E-state index in [0.29, 0.717) is 41.1 Å². The molecule has 5 nitrogen and oxygen atoms in total. The smallest absolute Gasteiger partial charge is 0.288 e. The summed E-state index contributed by atoms with van der Waals surface area (Å²) < 4.78 is 31.1. The molecule has 0 unspecified atom stereocenters. The van der Waals surface area contributed by atoms with E-state index in [4.69, 9.17) is 4.74 Å². The summed E-state index contributed by atoms with van der Waals surface area (Å²) in [5, 5.41) is 3.80. The Morgan fingerprint density at radius 3 is 2.64 bits per heavy atom. The van der Waals surface area contributed by atoms with Crippen LogP contribution in [-0.4, -0.2) is 43.0 Å². The van der Waals surface area contributed by atoms with Gasteiger partial charge in [-0.1, -0.05) is 23.1 Å². The van der Waals surface area contributed by atoms with Crippen molar-refractivity contribution in [2.24, 2.45) is 0 Å². The van der Waals surface area contributed by atoms with E-state index >= 15 is 0 Å². The monoisotopic (exact) mass is 421 g/mol. The van der Waals surface area contributed by atoms with Gasteiger partial charge in [0, 0.05) is 29.2 Å². The first kappa shape index (κ1) is 19.1. The third-order valence-electron chi connectivity index (χ3n) is 4.26. The molecule has 1 fully saturated rings. The summed E-state index contributed by atoms with van der Waals surface area (Å²) >= 11 is 2.04. The number of ether oxygens (including phenoxy) is 1. The van der Waals surface area contributed by atoms with Crippen molar-refractivity contribution in [2.75, 3.05) is 36.5 Å². The highest BCUT2D eigenvalue weighted by atomic mass is 32.2. The molecule has 1 saturated heterocycles. The highest BCUT2D eigenvalue weighted by Crippen LogP contribution is 2.31. The summed E-state index contributed by atoms with van der Waals surface area (Å²) in [4.78, 5) is 19.7. The standard InChI is InChI=1S/C19H17F2N3O2S2/c20-18(21)27-14-4-1-12(2-5-14)17(25)22-13-3-6-15-16(11-13)28-19(23-15)24-7-9-26-10-8-24/h1-6,11,18H,7-10H2,(H,22,25). The van der Waals surface area contributed by atoms with Gasteiger partial charge in [0.25, 0.3) is 11.7 Å². The van der Waals surface area contributed by atoms with Crippen molar-refractivity contribution in [3.8, 4) is 0 Å². The maximum atomic E-state index is 12.4. The molecule has 0 radical (unpaired) electrons. The molecule has 146 valence electrons. The Bertz CT molecular complexity index is 973. The van der Waals surface area contributed by atoms with Crippen LogP contribution < -0.4 is 10.2 Å². The largest absolute Gasteiger partial charge is 0.378 e. The van der Waals surface area contributed by atoms with E-state index in [1.807, 2.05) is 18.2 Å². The summed E-state index contributed by atoms with van der Waals surface area (Å²) in [6.45, 7) is 3.05. The van der Waals surface area contributed by atoms with Crippen molar-refractivity contribution in [3.05, 3.63) is 48.0 Å². The minimum atomic E-state index is -2.48. The van der Waals surface area contributed by atoms with Crippen molar-refractivity contribution in [1.29, 1.82) is 0 Å². The Morgan fingerprint density at radius 1 is 1.18 bits per heavy atom. The number of fused-ring (bicyclic) bond motifs is 1. The quantitative estimate of drug-likeness (QED) is 0.605. The van der Waals surface area contributed by atoms with Crippen LogP contribution in [0.15, 0.2) is 47.4 Å². The Kier molecular flexibility index (Phi) is 5.74. The number of carbonyl (C=O) groups excluding carboxylic acids is 1. The number of alkyl halides is 2. The number of thioether (sulfide) groups is 1. The van der Waals surface area contributed by atoms with Crippen LogP contribution in [0.3, 0.4) is 0 Å². The summed E-state index contributed by atoms with van der Waals surface area (Å²) in [6.07, 6.45) is 0. The minimum absolute atomic E-state index is 0.286. The Labute approximate surface area is 168 Å². The number of benzene rings is 2. The average molecular weight is 421 g/mol. The molecule has 4 rings (SSSR count). The molecule has 0 bridgehead atoms. The molecule has 9 heteroatoms. The SMILES string of the molecule is O=C(Nc1ccc2nc(N3CCOCC3)sc2c1)c1ccc(SC(F)F)cc1. The van der Waals surface area contributed by atoms with Crippen molar-refractivity contribution >= 4 is 50.0 Å². The molecule has 2 aromatic carbocycles. The number of nitrogens with zero attached hydrogens (tertiary/aromatic N) is 2. The lowest BCUT2D eigenvalue weighted by molar-refractivity contribution is 0.102. The van der Waals surface area contributed by atoms with Crippen LogP contribution >= 0.6 is 23.1 Å². The predicted octanol–water partition coefficient (Wildman–Crippen LogP) is 4.70. The van der Waals surface area contributed by atoms with Crippen LogP contribution in [0.5, 0.6) is 0 Å². The molecule has 1 aromatic heterocycles. The third kappa shape index (κ3) is 4.43. The third-order valence-corrected chi connectivity index (χ3v) is 6.06. The molecule has 1 N–H and O–H groups in total. The van der Waals surface area contributed by atoms with Gasteiger partial charge in [-0.25, -0.2) is 4.98 Å². The number of amides is 1. The Morgan fingerprint density at radius 2 is 1.93 bits per heavy atom. The molecular formula is C19H17F2N3O2S2. The van der Waals surface area contributed by atoms with E-state index in [0.717, 1.165) is 28.4 Å². The second-order valence-corrected chi connectivity index (χ2v) is 8.21. The number of hydrogen-bond donors (Lipinski definition) is 1. The summed E-state index contributed by atoms with van der Waals surface area (Å²) in [5.74, 6) is -2.76. The van der Waals surface area contributed by atoms with Crippen molar-refractivity contribution in [3.63, 3.8) is 0 Å². The molecule has 28 heavy (non-hydrogen) atoms. The zero-order valence-corrected chi connectivity index (χ0v) is 16.4. The summed E-state index contributed by atoms with van der Waals surface area (Å²) in [6, 6.07) is 11.7. The van der Waals surface area contributed by atoms with Crippen molar-refractivity contribution < 1.29 is 18.3 Å². The lowest BCUT2D eigenvalue weighted by Gasteiger charge is -2.25. The van der Waals surface area contributed by atoms with Gasteiger partial charge in [-0.3, -0.25) is 4.79 Å². The fraction of sp³-hybridized carbons (Fsp3) is 0.263. The average Bonchev–Trinajstić information content (AvgIpc) is 3.12. The first-order chi connectivity index (χ1) is 13.6. The molecule has 3 aromatic rings. The van der Waals surface area contributed by atoms with Gasteiger partial charge in [-0.2, -0.15) is 8.78 Å². The molecule has 2 heterocycles. The Hall–Kier alpha value is -2.23. The number of anilines is 2. The molecule has 0 spiro atoms. The number of rotatable bonds is 5. The number of thiazole rings is 1. The van der Waals surface area contributed by atoms with E-state index < -0.39 is 5.76 Å². The number of hydrogen-bond acceptors (Lipinski definition) is 6. The topological polar surface area (TPSA) is 54.5 Å². The number of carbonyl (C=O) groups is 1. The highest BCUT2D eigenvalue weighted by Gasteiger charge is 2.16. The predicted molar refractivity (Wildman–Crippen MR) is 109 cm³/mol. The zero-order valence-electron chi connectivity index (χ0n) is 14.7. The van der Waals surface area contributed by atoms with Gasteiger partial charge < -0.3 is 15.0 Å². The van der Waals surface area contributed by atoms with E-state index in [2.05, 4.69) is 15.2 Å². The van der Waals surface area contributed by atoms with E-state index in [1.165, 1.54) is 12.1 Å². The molecule has 1 aliphatic heterocycles. The molecule has 1 aliphatic rings. The first-order valence-corrected chi connectivity index (χ1v) is 10.4. The van der Waals surface area contributed by atoms with Crippen molar-refractivity contribution in [2.45, 2.75) is 10.7 Å². The van der Waals surface area contributed by atoms with Gasteiger partial charge in [-0.15, -0.1) is 0 Å². The lowest BCUT2D eigenvalue weighted by atomic mass is 10.2.